The van der Waals surface area contributed by atoms with Crippen LogP contribution in [-0.4, -0.2) is 45.0 Å². The number of nitrogens with one attached hydrogen (secondary N) is 1. The van der Waals surface area contributed by atoms with Gasteiger partial charge in [-0.2, -0.15) is 0 Å². The van der Waals surface area contributed by atoms with Gasteiger partial charge >= 0.3 is 5.97 Å². The highest BCUT2D eigenvalue weighted by Gasteiger charge is 2.25. The van der Waals surface area contributed by atoms with Crippen molar-refractivity contribution in [2.75, 3.05) is 19.5 Å². The lowest BCUT2D eigenvalue weighted by molar-refractivity contribution is -0.139. The van der Waals surface area contributed by atoms with Crippen LogP contribution in [0.15, 0.2) is 0 Å². The molecule has 0 saturated heterocycles. The zero-order chi connectivity index (χ0) is 14.3. The summed E-state index contributed by atoms with van der Waals surface area (Å²) >= 11 is 0. The van der Waals surface area contributed by atoms with Gasteiger partial charge in [-0.15, -0.1) is 0 Å². The minimum Gasteiger partial charge on any atom is -0.480 e. The van der Waals surface area contributed by atoms with Crippen molar-refractivity contribution in [2.45, 2.75) is 33.2 Å². The third-order valence-corrected chi connectivity index (χ3v) is 3.93. The molecule has 0 aromatic heterocycles. The molecule has 7 heteroatoms. The second kappa shape index (κ2) is 7.70. The Morgan fingerprint density at radius 2 is 1.89 bits per heavy atom. The van der Waals surface area contributed by atoms with Crippen molar-refractivity contribution in [2.24, 2.45) is 11.8 Å². The largest absolute Gasteiger partial charge is 0.480 e. The van der Waals surface area contributed by atoms with Crippen molar-refractivity contribution in [3.8, 4) is 0 Å². The highest BCUT2D eigenvalue weighted by Crippen LogP contribution is 2.08. The number of sulfonamides is 1. The summed E-state index contributed by atoms with van der Waals surface area (Å²) in [5.74, 6) is -1.36. The zero-order valence-electron chi connectivity index (χ0n) is 11.3. The Morgan fingerprint density at radius 1 is 1.33 bits per heavy atom. The quantitative estimate of drug-likeness (QED) is 0.648. The molecule has 108 valence electrons. The maximum absolute atomic E-state index is 11.8. The molecule has 0 aliphatic heterocycles. The third kappa shape index (κ3) is 7.62. The fourth-order valence-electron chi connectivity index (χ4n) is 1.64. The number of carbonyl (C=O) groups is 1. The van der Waals surface area contributed by atoms with Crippen LogP contribution in [0.3, 0.4) is 0 Å². The number of hydrogen-bond donors (Lipinski definition) is 2. The summed E-state index contributed by atoms with van der Waals surface area (Å²) in [6.45, 7) is 5.75. The lowest BCUT2D eigenvalue weighted by Gasteiger charge is -2.18. The van der Waals surface area contributed by atoms with Crippen molar-refractivity contribution in [1.29, 1.82) is 0 Å². The number of carboxylic acids is 1. The summed E-state index contributed by atoms with van der Waals surface area (Å²) in [6, 6.07) is -1.07. The predicted molar refractivity (Wildman–Crippen MR) is 68.8 cm³/mol. The standard InChI is InChI=1S/C11H23NO5S/c1-8(2)5-10(11(13)14)12-18(15,16)7-9(3)6-17-4/h8-10,12H,5-7H2,1-4H3,(H,13,14)/t9?,10-/m0/s1. The van der Waals surface area contributed by atoms with Crippen LogP contribution in [0.25, 0.3) is 0 Å². The van der Waals surface area contributed by atoms with E-state index in [-0.39, 0.29) is 24.0 Å². The molecule has 0 fully saturated rings. The van der Waals surface area contributed by atoms with Gasteiger partial charge < -0.3 is 9.84 Å². The minimum absolute atomic E-state index is 0.102. The number of rotatable bonds is 9. The molecule has 0 spiro atoms. The summed E-state index contributed by atoms with van der Waals surface area (Å²) < 4.78 is 30.7. The van der Waals surface area contributed by atoms with Gasteiger partial charge in [-0.1, -0.05) is 20.8 Å². The van der Waals surface area contributed by atoms with Crippen LogP contribution in [0.2, 0.25) is 0 Å². The Morgan fingerprint density at radius 3 is 2.28 bits per heavy atom. The average Bonchev–Trinajstić information content (AvgIpc) is 2.14. The van der Waals surface area contributed by atoms with Crippen molar-refractivity contribution >= 4 is 16.0 Å². The molecule has 0 bridgehead atoms. The maximum atomic E-state index is 11.8. The van der Waals surface area contributed by atoms with Gasteiger partial charge in [0.15, 0.2) is 0 Å². The molecule has 0 amide bonds. The molecule has 0 aromatic carbocycles. The first-order chi connectivity index (χ1) is 8.18. The van der Waals surface area contributed by atoms with Crippen molar-refractivity contribution in [3.05, 3.63) is 0 Å². The molecule has 0 aromatic rings. The van der Waals surface area contributed by atoms with Gasteiger partial charge in [0.2, 0.25) is 10.0 Å². The maximum Gasteiger partial charge on any atom is 0.321 e. The van der Waals surface area contributed by atoms with E-state index in [1.807, 2.05) is 13.8 Å². The Bertz CT molecular complexity index is 352. The van der Waals surface area contributed by atoms with Crippen LogP contribution < -0.4 is 4.72 Å². The van der Waals surface area contributed by atoms with Crippen molar-refractivity contribution in [1.82, 2.24) is 4.72 Å². The van der Waals surface area contributed by atoms with E-state index < -0.39 is 22.0 Å². The van der Waals surface area contributed by atoms with Crippen LogP contribution in [0, 0.1) is 11.8 Å². The number of ether oxygens (including phenoxy) is 1. The molecule has 0 radical (unpaired) electrons. The van der Waals surface area contributed by atoms with Crippen LogP contribution in [-0.2, 0) is 19.6 Å². The monoisotopic (exact) mass is 281 g/mol. The predicted octanol–water partition coefficient (Wildman–Crippen LogP) is 0.688. The Balaban J connectivity index is 4.56. The highest BCUT2D eigenvalue weighted by molar-refractivity contribution is 7.89. The molecular formula is C11H23NO5S. The summed E-state index contributed by atoms with van der Waals surface area (Å²) in [5.41, 5.74) is 0. The van der Waals surface area contributed by atoms with E-state index in [0.29, 0.717) is 6.61 Å². The van der Waals surface area contributed by atoms with Crippen LogP contribution in [0.5, 0.6) is 0 Å². The lowest BCUT2D eigenvalue weighted by Crippen LogP contribution is -2.43. The summed E-state index contributed by atoms with van der Waals surface area (Å²) in [7, 11) is -2.11. The summed E-state index contributed by atoms with van der Waals surface area (Å²) in [6.07, 6.45) is 0.271. The van der Waals surface area contributed by atoms with Crippen molar-refractivity contribution < 1.29 is 23.1 Å². The van der Waals surface area contributed by atoms with E-state index in [9.17, 15) is 13.2 Å². The molecule has 2 atom stereocenters. The highest BCUT2D eigenvalue weighted by atomic mass is 32.2. The van der Waals surface area contributed by atoms with Gasteiger partial charge in [0, 0.05) is 13.7 Å². The smallest absolute Gasteiger partial charge is 0.321 e. The van der Waals surface area contributed by atoms with E-state index >= 15 is 0 Å². The molecule has 6 nitrogen and oxygen atoms in total. The van der Waals surface area contributed by atoms with Gasteiger partial charge in [-0.05, 0) is 18.3 Å². The number of methoxy groups -OCH3 is 1. The summed E-state index contributed by atoms with van der Waals surface area (Å²) in [5, 5.41) is 8.97. The van der Waals surface area contributed by atoms with Gasteiger partial charge in [0.25, 0.3) is 0 Å². The van der Waals surface area contributed by atoms with Crippen LogP contribution in [0.1, 0.15) is 27.2 Å². The Hall–Kier alpha value is -0.660. The second-order valence-electron chi connectivity index (χ2n) is 4.98. The first-order valence-electron chi connectivity index (χ1n) is 5.89. The van der Waals surface area contributed by atoms with Crippen molar-refractivity contribution in [3.63, 3.8) is 0 Å². The molecule has 2 N–H and O–H groups in total. The fourth-order valence-corrected chi connectivity index (χ4v) is 3.21. The molecule has 0 aliphatic rings. The Kier molecular flexibility index (Phi) is 7.42. The van der Waals surface area contributed by atoms with Crippen LogP contribution >= 0.6 is 0 Å². The van der Waals surface area contributed by atoms with Gasteiger partial charge in [-0.25, -0.2) is 13.1 Å². The molecule has 0 heterocycles. The van der Waals surface area contributed by atoms with E-state index in [1.54, 1.807) is 6.92 Å². The molecule has 1 unspecified atom stereocenters. The molecule has 18 heavy (non-hydrogen) atoms. The van der Waals surface area contributed by atoms with Gasteiger partial charge in [0.1, 0.15) is 6.04 Å². The number of carboxylic acid groups (broad SMARTS) is 1. The normalized spacial score (nSPS) is 15.6. The minimum atomic E-state index is -3.60. The topological polar surface area (TPSA) is 92.7 Å². The SMILES string of the molecule is COCC(C)CS(=O)(=O)N[C@@H](CC(C)C)C(=O)O. The molecule has 0 rings (SSSR count). The lowest BCUT2D eigenvalue weighted by atomic mass is 10.1. The molecule has 0 aliphatic carbocycles. The zero-order valence-corrected chi connectivity index (χ0v) is 12.2. The first-order valence-corrected chi connectivity index (χ1v) is 7.55. The van der Waals surface area contributed by atoms with Gasteiger partial charge in [0.05, 0.1) is 5.75 Å². The van der Waals surface area contributed by atoms with E-state index in [0.717, 1.165) is 0 Å². The third-order valence-electron chi connectivity index (χ3n) is 2.28. The molecular weight excluding hydrogens is 258 g/mol. The number of hydrogen-bond acceptors (Lipinski definition) is 4. The molecule has 0 saturated carbocycles. The van der Waals surface area contributed by atoms with E-state index in [2.05, 4.69) is 4.72 Å². The number of aliphatic carboxylic acids is 1. The fraction of sp³-hybridized carbons (Fsp3) is 0.909. The summed E-state index contributed by atoms with van der Waals surface area (Å²) in [4.78, 5) is 11.0. The van der Waals surface area contributed by atoms with Gasteiger partial charge in [-0.3, -0.25) is 4.79 Å². The van der Waals surface area contributed by atoms with Crippen LogP contribution in [0.4, 0.5) is 0 Å². The second-order valence-corrected chi connectivity index (χ2v) is 6.78. The first kappa shape index (κ1) is 17.3. The van der Waals surface area contributed by atoms with E-state index in [4.69, 9.17) is 9.84 Å². The Labute approximate surface area is 109 Å². The van der Waals surface area contributed by atoms with E-state index in [1.165, 1.54) is 7.11 Å². The average molecular weight is 281 g/mol.